The van der Waals surface area contributed by atoms with Crippen molar-refractivity contribution in [1.82, 2.24) is 4.48 Å². The second-order valence-corrected chi connectivity index (χ2v) is 26.7. The van der Waals surface area contributed by atoms with E-state index in [4.69, 9.17) is 4.42 Å². The Morgan fingerprint density at radius 1 is 0.453 bits per heavy atom. The predicted molar refractivity (Wildman–Crippen MR) is 323 cm³/mol. The summed E-state index contributed by atoms with van der Waals surface area (Å²) in [6.07, 6.45) is 0. The van der Waals surface area contributed by atoms with Crippen molar-refractivity contribution in [3.05, 3.63) is 192 Å². The van der Waals surface area contributed by atoms with Crippen molar-refractivity contribution in [1.29, 1.82) is 0 Å². The van der Waals surface area contributed by atoms with Crippen LogP contribution in [0.25, 0.3) is 55.0 Å². The van der Waals surface area contributed by atoms with Crippen LogP contribution in [0.1, 0.15) is 132 Å². The molecule has 0 amide bonds. The van der Waals surface area contributed by atoms with Crippen LogP contribution in [0.3, 0.4) is 0 Å². The third-order valence-corrected chi connectivity index (χ3v) is 16.3. The summed E-state index contributed by atoms with van der Waals surface area (Å²) < 4.78 is 10.5. The topological polar surface area (TPSA) is 24.6 Å². The molecule has 12 rings (SSSR count). The van der Waals surface area contributed by atoms with Gasteiger partial charge in [-0.25, -0.2) is 0 Å². The van der Waals surface area contributed by atoms with Crippen LogP contribution in [-0.4, -0.2) is 11.3 Å². The molecule has 5 heteroatoms. The van der Waals surface area contributed by atoms with Gasteiger partial charge in [0.15, 0.2) is 0 Å². The fourth-order valence-electron chi connectivity index (χ4n) is 12.1. The molecular formula is C70H72BN3O. The van der Waals surface area contributed by atoms with E-state index in [-0.39, 0.29) is 33.9 Å². The molecule has 75 heavy (non-hydrogen) atoms. The SMILES string of the molecule is CC(C)(C)c1ccc(N2c3cc(C(C)(C)C)cc4c3B(c3oc5c(C(C)(C)C)cc(C(C)(C)C)cc5c32)n2c3cccc(N(c5ccccc5)c5ccccc5-c5ccccc5)c3c3cc(C(C)(C)C)cc-4c32)cc1. The zero-order valence-corrected chi connectivity index (χ0v) is 46.9. The van der Waals surface area contributed by atoms with Gasteiger partial charge in [-0.2, -0.15) is 0 Å². The summed E-state index contributed by atoms with van der Waals surface area (Å²) in [6, 6.07) is 62.1. The van der Waals surface area contributed by atoms with Crippen molar-refractivity contribution >= 4 is 84.9 Å². The molecule has 0 saturated heterocycles. The van der Waals surface area contributed by atoms with E-state index >= 15 is 0 Å². The lowest BCUT2D eigenvalue weighted by molar-refractivity contribution is 0.557. The van der Waals surface area contributed by atoms with Crippen molar-refractivity contribution in [3.8, 4) is 22.3 Å². The minimum Gasteiger partial charge on any atom is -0.466 e. The molecule has 4 heterocycles. The van der Waals surface area contributed by atoms with Crippen molar-refractivity contribution < 1.29 is 4.42 Å². The molecule has 2 aromatic heterocycles. The average Bonchev–Trinajstić information content (AvgIpc) is 3.93. The second-order valence-electron chi connectivity index (χ2n) is 26.7. The number of furan rings is 1. The molecule has 8 aromatic carbocycles. The highest BCUT2D eigenvalue weighted by Gasteiger charge is 2.48. The maximum absolute atomic E-state index is 7.84. The quantitative estimate of drug-likeness (QED) is 0.161. The molecule has 2 aliphatic rings. The zero-order valence-electron chi connectivity index (χ0n) is 46.9. The number of hydrogen-bond donors (Lipinski definition) is 0. The summed E-state index contributed by atoms with van der Waals surface area (Å²) in [4.78, 5) is 5.09. The molecule has 0 N–H and O–H groups in total. The maximum Gasteiger partial charge on any atom is 0.375 e. The van der Waals surface area contributed by atoms with Gasteiger partial charge in [0.05, 0.1) is 17.1 Å². The second kappa shape index (κ2) is 16.6. The molecule has 2 aliphatic heterocycles. The minimum atomic E-state index is -0.285. The molecule has 0 unspecified atom stereocenters. The van der Waals surface area contributed by atoms with Gasteiger partial charge in [-0.3, -0.25) is 0 Å². The Labute approximate surface area is 446 Å². The largest absolute Gasteiger partial charge is 0.466 e. The van der Waals surface area contributed by atoms with Crippen molar-refractivity contribution in [2.24, 2.45) is 0 Å². The van der Waals surface area contributed by atoms with Gasteiger partial charge in [0.2, 0.25) is 0 Å². The summed E-state index contributed by atoms with van der Waals surface area (Å²) in [5, 5.41) is 3.63. The predicted octanol–water partition coefficient (Wildman–Crippen LogP) is 18.6. The van der Waals surface area contributed by atoms with Gasteiger partial charge >= 0.3 is 6.85 Å². The number of para-hydroxylation sites is 2. The van der Waals surface area contributed by atoms with Gasteiger partial charge in [0.1, 0.15) is 11.2 Å². The van der Waals surface area contributed by atoms with Crippen molar-refractivity contribution in [2.75, 3.05) is 9.80 Å². The van der Waals surface area contributed by atoms with Crippen LogP contribution in [-0.2, 0) is 27.1 Å². The smallest absolute Gasteiger partial charge is 0.375 e. The Hall–Kier alpha value is -7.24. The minimum absolute atomic E-state index is 0.00144. The average molecular weight is 982 g/mol. The summed E-state index contributed by atoms with van der Waals surface area (Å²) in [5.74, 6) is 0. The standard InChI is InChI=1S/C70H72BN3O/c1-66(2,3)44-33-35-49(36-34-44)73-59-42-47(69(10,11)12)37-51-52-38-45(67(4,5)6)39-53-60-57(72(48-27-20-17-21-28-48)56-30-23-22-29-50(56)43-25-18-16-19-26-43)31-24-32-58(60)74(62(52)53)71(61(51)59)65-63(73)54-40-46(68(7,8)9)41-55(64(54)75-65)70(13,14)15/h16-42H,1-15H3. The summed E-state index contributed by atoms with van der Waals surface area (Å²) in [5.41, 5.74) is 23.2. The molecule has 10 aromatic rings. The van der Waals surface area contributed by atoms with E-state index in [0.29, 0.717) is 0 Å². The third kappa shape index (κ3) is 7.78. The fraction of sp³-hybridized carbons (Fsp3) is 0.286. The Bertz CT molecular complexity index is 3900. The lowest BCUT2D eigenvalue weighted by Gasteiger charge is -2.40. The number of anilines is 6. The lowest BCUT2D eigenvalue weighted by atomic mass is 9.47. The first-order valence-corrected chi connectivity index (χ1v) is 27.2. The van der Waals surface area contributed by atoms with Crippen LogP contribution in [0, 0.1) is 0 Å². The number of aromatic nitrogens is 1. The monoisotopic (exact) mass is 982 g/mol. The first-order valence-electron chi connectivity index (χ1n) is 27.2. The number of nitrogens with zero attached hydrogens (tertiary/aromatic N) is 3. The van der Waals surface area contributed by atoms with Crippen LogP contribution in [0.15, 0.2) is 168 Å². The number of benzene rings is 8. The normalized spacial score (nSPS) is 13.7. The molecule has 0 saturated carbocycles. The van der Waals surface area contributed by atoms with Gasteiger partial charge in [-0.1, -0.05) is 201 Å². The van der Waals surface area contributed by atoms with Gasteiger partial charge in [-0.05, 0) is 133 Å². The van der Waals surface area contributed by atoms with Gasteiger partial charge in [0, 0.05) is 60.9 Å². The van der Waals surface area contributed by atoms with Crippen LogP contribution in [0.4, 0.5) is 34.1 Å². The van der Waals surface area contributed by atoms with E-state index in [9.17, 15) is 0 Å². The summed E-state index contributed by atoms with van der Waals surface area (Å²) >= 11 is 0. The zero-order chi connectivity index (χ0) is 52.9. The van der Waals surface area contributed by atoms with Crippen LogP contribution < -0.4 is 20.9 Å². The molecule has 0 radical (unpaired) electrons. The molecule has 0 spiro atoms. The third-order valence-electron chi connectivity index (χ3n) is 16.3. The summed E-state index contributed by atoms with van der Waals surface area (Å²) in [7, 11) is 0. The molecule has 376 valence electrons. The van der Waals surface area contributed by atoms with Gasteiger partial charge < -0.3 is 18.7 Å². The van der Waals surface area contributed by atoms with E-state index in [1.54, 1.807) is 0 Å². The lowest BCUT2D eigenvalue weighted by Crippen LogP contribution is -2.56. The molecule has 4 nitrogen and oxygen atoms in total. The van der Waals surface area contributed by atoms with Crippen LogP contribution in [0.2, 0.25) is 0 Å². The Balaban J connectivity index is 1.27. The highest BCUT2D eigenvalue weighted by Crippen LogP contribution is 2.54. The van der Waals surface area contributed by atoms with Gasteiger partial charge in [0.25, 0.3) is 0 Å². The van der Waals surface area contributed by atoms with E-state index < -0.39 is 0 Å². The van der Waals surface area contributed by atoms with Crippen LogP contribution >= 0.6 is 0 Å². The Morgan fingerprint density at radius 3 is 1.65 bits per heavy atom. The molecular weight excluding hydrogens is 910 g/mol. The highest BCUT2D eigenvalue weighted by atomic mass is 16.3. The highest BCUT2D eigenvalue weighted by molar-refractivity contribution is 6.89. The van der Waals surface area contributed by atoms with E-state index in [2.05, 4.69) is 282 Å². The first-order chi connectivity index (χ1) is 35.4. The molecule has 0 fully saturated rings. The fourth-order valence-corrected chi connectivity index (χ4v) is 12.1. The van der Waals surface area contributed by atoms with Crippen LogP contribution in [0.5, 0.6) is 0 Å². The maximum atomic E-state index is 7.84. The number of fused-ring (bicyclic) bond motifs is 9. The molecule has 0 aliphatic carbocycles. The first kappa shape index (κ1) is 48.7. The van der Waals surface area contributed by atoms with E-state index in [1.165, 1.54) is 83.0 Å². The molecule has 0 bridgehead atoms. The Kier molecular flexibility index (Phi) is 10.8. The Morgan fingerprint density at radius 2 is 1.01 bits per heavy atom. The van der Waals surface area contributed by atoms with Gasteiger partial charge in [-0.15, -0.1) is 0 Å². The summed E-state index contributed by atoms with van der Waals surface area (Å²) in [6.45, 7) is 34.9. The van der Waals surface area contributed by atoms with E-state index in [0.717, 1.165) is 45.1 Å². The van der Waals surface area contributed by atoms with Crippen molar-refractivity contribution in [3.63, 3.8) is 0 Å². The number of hydrogen-bond acceptors (Lipinski definition) is 3. The molecule has 0 atom stereocenters. The van der Waals surface area contributed by atoms with E-state index in [1.807, 2.05) is 0 Å². The van der Waals surface area contributed by atoms with Crippen molar-refractivity contribution in [2.45, 2.75) is 131 Å². The number of rotatable bonds is 5.